The standard InChI is InChI=1S/C12H9BrClFN2/c1-7-4-5-16-12(11(7)13)17-8-2-3-10(15)9(14)6-8/h2-6H,1H3,(H,16,17). The van der Waals surface area contributed by atoms with Crippen LogP contribution in [0.2, 0.25) is 5.02 Å². The first-order valence-corrected chi connectivity index (χ1v) is 6.08. The van der Waals surface area contributed by atoms with Gasteiger partial charge in [0.2, 0.25) is 0 Å². The number of aryl methyl sites for hydroxylation is 1. The van der Waals surface area contributed by atoms with Gasteiger partial charge in [0, 0.05) is 11.9 Å². The second-order valence-corrected chi connectivity index (χ2v) is 4.74. The molecule has 0 spiro atoms. The predicted octanol–water partition coefficient (Wildman–Crippen LogP) is 4.69. The highest BCUT2D eigenvalue weighted by atomic mass is 79.9. The van der Waals surface area contributed by atoms with E-state index >= 15 is 0 Å². The van der Waals surface area contributed by atoms with Crippen LogP contribution in [-0.2, 0) is 0 Å². The van der Waals surface area contributed by atoms with E-state index in [4.69, 9.17) is 11.6 Å². The molecule has 1 heterocycles. The Bertz CT molecular complexity index is 560. The second-order valence-electron chi connectivity index (χ2n) is 3.54. The number of hydrogen-bond acceptors (Lipinski definition) is 2. The highest BCUT2D eigenvalue weighted by Gasteiger charge is 2.06. The Kier molecular flexibility index (Phi) is 3.64. The van der Waals surface area contributed by atoms with Gasteiger partial charge >= 0.3 is 0 Å². The minimum Gasteiger partial charge on any atom is -0.339 e. The lowest BCUT2D eigenvalue weighted by atomic mass is 10.2. The zero-order valence-corrected chi connectivity index (χ0v) is 11.3. The lowest BCUT2D eigenvalue weighted by Crippen LogP contribution is -1.96. The number of benzene rings is 1. The molecule has 0 saturated carbocycles. The summed E-state index contributed by atoms with van der Waals surface area (Å²) in [6, 6.07) is 6.34. The molecule has 88 valence electrons. The van der Waals surface area contributed by atoms with Crippen molar-refractivity contribution in [3.8, 4) is 0 Å². The van der Waals surface area contributed by atoms with E-state index < -0.39 is 5.82 Å². The van der Waals surface area contributed by atoms with Crippen molar-refractivity contribution >= 4 is 39.0 Å². The van der Waals surface area contributed by atoms with E-state index in [1.54, 1.807) is 12.3 Å². The van der Waals surface area contributed by atoms with Crippen LogP contribution in [0.4, 0.5) is 15.9 Å². The molecule has 0 amide bonds. The van der Waals surface area contributed by atoms with Crippen LogP contribution in [0.15, 0.2) is 34.9 Å². The van der Waals surface area contributed by atoms with Crippen molar-refractivity contribution in [2.75, 3.05) is 5.32 Å². The Labute approximate surface area is 112 Å². The molecule has 0 aliphatic heterocycles. The Morgan fingerprint density at radius 2 is 2.12 bits per heavy atom. The zero-order chi connectivity index (χ0) is 12.4. The van der Waals surface area contributed by atoms with Gasteiger partial charge in [-0.2, -0.15) is 0 Å². The molecule has 17 heavy (non-hydrogen) atoms. The van der Waals surface area contributed by atoms with Gasteiger partial charge in [-0.25, -0.2) is 9.37 Å². The molecule has 5 heteroatoms. The summed E-state index contributed by atoms with van der Waals surface area (Å²) in [5.74, 6) is 0.237. The van der Waals surface area contributed by atoms with Crippen molar-refractivity contribution in [2.24, 2.45) is 0 Å². The number of hydrogen-bond donors (Lipinski definition) is 1. The fraction of sp³-hybridized carbons (Fsp3) is 0.0833. The topological polar surface area (TPSA) is 24.9 Å². The Balaban J connectivity index is 2.31. The number of anilines is 2. The van der Waals surface area contributed by atoms with Crippen LogP contribution in [0.1, 0.15) is 5.56 Å². The molecular formula is C12H9BrClFN2. The smallest absolute Gasteiger partial charge is 0.144 e. The molecule has 0 aliphatic carbocycles. The van der Waals surface area contributed by atoms with Gasteiger partial charge in [-0.3, -0.25) is 0 Å². The van der Waals surface area contributed by atoms with Gasteiger partial charge in [-0.1, -0.05) is 11.6 Å². The first kappa shape index (κ1) is 12.3. The van der Waals surface area contributed by atoms with Crippen LogP contribution in [0, 0.1) is 12.7 Å². The van der Waals surface area contributed by atoms with Gasteiger partial charge in [0.25, 0.3) is 0 Å². The van der Waals surface area contributed by atoms with E-state index in [1.165, 1.54) is 12.1 Å². The summed E-state index contributed by atoms with van der Waals surface area (Å²) < 4.78 is 13.9. The molecule has 0 radical (unpaired) electrons. The number of nitrogens with zero attached hydrogens (tertiary/aromatic N) is 1. The molecule has 2 nitrogen and oxygen atoms in total. The predicted molar refractivity (Wildman–Crippen MR) is 71.4 cm³/mol. The summed E-state index contributed by atoms with van der Waals surface area (Å²) in [6.07, 6.45) is 1.70. The summed E-state index contributed by atoms with van der Waals surface area (Å²) in [5, 5.41) is 3.15. The average molecular weight is 316 g/mol. The summed E-state index contributed by atoms with van der Waals surface area (Å²) in [4.78, 5) is 4.19. The minimum atomic E-state index is -0.437. The molecule has 0 aliphatic rings. The number of pyridine rings is 1. The van der Waals surface area contributed by atoms with E-state index in [0.29, 0.717) is 11.5 Å². The Hall–Kier alpha value is -1.13. The summed E-state index contributed by atoms with van der Waals surface area (Å²) >= 11 is 9.14. The van der Waals surface area contributed by atoms with Crippen LogP contribution < -0.4 is 5.32 Å². The summed E-state index contributed by atoms with van der Waals surface area (Å²) in [7, 11) is 0. The molecule has 1 aromatic heterocycles. The zero-order valence-electron chi connectivity index (χ0n) is 8.97. The van der Waals surface area contributed by atoms with E-state index in [9.17, 15) is 4.39 Å². The fourth-order valence-corrected chi connectivity index (χ4v) is 1.85. The van der Waals surface area contributed by atoms with E-state index in [1.807, 2.05) is 13.0 Å². The molecule has 1 aromatic carbocycles. The second kappa shape index (κ2) is 5.02. The molecular weight excluding hydrogens is 307 g/mol. The molecule has 0 bridgehead atoms. The van der Waals surface area contributed by atoms with Crippen LogP contribution >= 0.6 is 27.5 Å². The number of nitrogens with one attached hydrogen (secondary N) is 1. The van der Waals surface area contributed by atoms with Crippen molar-refractivity contribution in [3.05, 3.63) is 51.3 Å². The SMILES string of the molecule is Cc1ccnc(Nc2ccc(F)c(Cl)c2)c1Br. The fourth-order valence-electron chi connectivity index (χ4n) is 1.34. The summed E-state index contributed by atoms with van der Waals surface area (Å²) in [5.41, 5.74) is 1.76. The molecule has 0 fully saturated rings. The van der Waals surface area contributed by atoms with Gasteiger partial charge in [0.15, 0.2) is 0 Å². The van der Waals surface area contributed by atoms with Crippen LogP contribution in [0.25, 0.3) is 0 Å². The van der Waals surface area contributed by atoms with E-state index in [2.05, 4.69) is 26.2 Å². The van der Waals surface area contributed by atoms with E-state index in [-0.39, 0.29) is 5.02 Å². The first-order chi connectivity index (χ1) is 8.08. The largest absolute Gasteiger partial charge is 0.339 e. The third-order valence-electron chi connectivity index (χ3n) is 2.26. The number of aromatic nitrogens is 1. The first-order valence-electron chi connectivity index (χ1n) is 4.91. The van der Waals surface area contributed by atoms with E-state index in [0.717, 1.165) is 10.0 Å². The Morgan fingerprint density at radius 3 is 2.82 bits per heavy atom. The van der Waals surface area contributed by atoms with Gasteiger partial charge < -0.3 is 5.32 Å². The van der Waals surface area contributed by atoms with Gasteiger partial charge in [-0.05, 0) is 52.7 Å². The quantitative estimate of drug-likeness (QED) is 0.869. The third kappa shape index (κ3) is 2.76. The molecule has 2 rings (SSSR count). The van der Waals surface area contributed by atoms with Gasteiger partial charge in [0.1, 0.15) is 11.6 Å². The van der Waals surface area contributed by atoms with Crippen LogP contribution in [0.5, 0.6) is 0 Å². The van der Waals surface area contributed by atoms with Crippen LogP contribution in [0.3, 0.4) is 0 Å². The highest BCUT2D eigenvalue weighted by Crippen LogP contribution is 2.28. The van der Waals surface area contributed by atoms with Gasteiger partial charge in [0.05, 0.1) is 9.50 Å². The van der Waals surface area contributed by atoms with Crippen molar-refractivity contribution in [3.63, 3.8) is 0 Å². The molecule has 0 unspecified atom stereocenters. The highest BCUT2D eigenvalue weighted by molar-refractivity contribution is 9.10. The average Bonchev–Trinajstić information content (AvgIpc) is 2.30. The normalized spacial score (nSPS) is 10.4. The molecule has 2 aromatic rings. The number of rotatable bonds is 2. The van der Waals surface area contributed by atoms with Crippen molar-refractivity contribution in [1.29, 1.82) is 0 Å². The molecule has 0 atom stereocenters. The maximum absolute atomic E-state index is 13.0. The number of halogens is 3. The molecule has 1 N–H and O–H groups in total. The van der Waals surface area contributed by atoms with Crippen molar-refractivity contribution < 1.29 is 4.39 Å². The monoisotopic (exact) mass is 314 g/mol. The third-order valence-corrected chi connectivity index (χ3v) is 3.56. The lowest BCUT2D eigenvalue weighted by Gasteiger charge is -2.09. The Morgan fingerprint density at radius 1 is 1.35 bits per heavy atom. The maximum atomic E-state index is 13.0. The minimum absolute atomic E-state index is 0.0822. The molecule has 0 saturated heterocycles. The summed E-state index contributed by atoms with van der Waals surface area (Å²) in [6.45, 7) is 1.97. The van der Waals surface area contributed by atoms with Crippen LogP contribution in [-0.4, -0.2) is 4.98 Å². The lowest BCUT2D eigenvalue weighted by molar-refractivity contribution is 0.628. The van der Waals surface area contributed by atoms with Crippen molar-refractivity contribution in [2.45, 2.75) is 6.92 Å². The van der Waals surface area contributed by atoms with Gasteiger partial charge in [-0.15, -0.1) is 0 Å². The van der Waals surface area contributed by atoms with Crippen molar-refractivity contribution in [1.82, 2.24) is 4.98 Å². The maximum Gasteiger partial charge on any atom is 0.144 e.